The fourth-order valence-corrected chi connectivity index (χ4v) is 4.57. The topological polar surface area (TPSA) is 32.8 Å². The van der Waals surface area contributed by atoms with E-state index in [1.54, 1.807) is 18.2 Å². The van der Waals surface area contributed by atoms with E-state index in [2.05, 4.69) is 4.90 Å². The second kappa shape index (κ2) is 8.77. The summed E-state index contributed by atoms with van der Waals surface area (Å²) >= 11 is 14.2. The number of nitrogens with zero attached hydrogens (tertiary/aromatic N) is 2. The molecule has 4 nitrogen and oxygen atoms in total. The Bertz CT molecular complexity index is 582. The number of morpholine rings is 1. The van der Waals surface area contributed by atoms with Crippen LogP contribution in [0.25, 0.3) is 0 Å². The van der Waals surface area contributed by atoms with Gasteiger partial charge in [-0.05, 0) is 30.4 Å². The molecule has 0 aliphatic carbocycles. The highest BCUT2D eigenvalue weighted by Crippen LogP contribution is 2.25. The zero-order valence-electron chi connectivity index (χ0n) is 13.5. The van der Waals surface area contributed by atoms with Gasteiger partial charge in [0.15, 0.2) is 0 Å². The Labute approximate surface area is 157 Å². The van der Waals surface area contributed by atoms with Crippen molar-refractivity contribution in [1.82, 2.24) is 9.80 Å². The Balaban J connectivity index is 1.78. The first-order chi connectivity index (χ1) is 11.6. The first kappa shape index (κ1) is 18.3. The summed E-state index contributed by atoms with van der Waals surface area (Å²) in [5.74, 6) is 2.04. The number of carbonyl (C=O) groups is 1. The zero-order chi connectivity index (χ0) is 16.9. The maximum Gasteiger partial charge on any atom is 0.255 e. The fourth-order valence-electron chi connectivity index (χ4n) is 3.15. The number of amides is 1. The highest BCUT2D eigenvalue weighted by atomic mass is 35.5. The van der Waals surface area contributed by atoms with Crippen molar-refractivity contribution >= 4 is 40.9 Å². The number of carbonyl (C=O) groups excluding carboxylic acids is 1. The van der Waals surface area contributed by atoms with Gasteiger partial charge < -0.3 is 9.64 Å². The predicted octanol–water partition coefficient (Wildman–Crippen LogP) is 3.27. The summed E-state index contributed by atoms with van der Waals surface area (Å²) in [6.07, 6.45) is 1.01. The Morgan fingerprint density at radius 1 is 1.25 bits per heavy atom. The summed E-state index contributed by atoms with van der Waals surface area (Å²) in [6, 6.07) is 5.28. The second-order valence-electron chi connectivity index (χ2n) is 6.12. The van der Waals surface area contributed by atoms with Crippen molar-refractivity contribution in [2.75, 3.05) is 50.9 Å². The third kappa shape index (κ3) is 4.58. The lowest BCUT2D eigenvalue weighted by Gasteiger charge is -2.35. The highest BCUT2D eigenvalue weighted by Gasteiger charge is 2.29. The molecule has 1 aromatic carbocycles. The van der Waals surface area contributed by atoms with Crippen LogP contribution in [0.5, 0.6) is 0 Å². The molecule has 0 saturated carbocycles. The number of rotatable bonds is 3. The zero-order valence-corrected chi connectivity index (χ0v) is 15.9. The molecule has 1 unspecified atom stereocenters. The molecule has 7 heteroatoms. The third-order valence-corrected chi connectivity index (χ3v) is 6.19. The minimum atomic E-state index is -0.0109. The van der Waals surface area contributed by atoms with Crippen LogP contribution < -0.4 is 0 Å². The van der Waals surface area contributed by atoms with Crippen LogP contribution >= 0.6 is 35.0 Å². The van der Waals surface area contributed by atoms with Gasteiger partial charge >= 0.3 is 0 Å². The largest absolute Gasteiger partial charge is 0.379 e. The maximum atomic E-state index is 13.1. The Morgan fingerprint density at radius 3 is 2.83 bits per heavy atom. The van der Waals surface area contributed by atoms with Crippen LogP contribution in [0.4, 0.5) is 0 Å². The molecule has 2 aliphatic rings. The summed E-state index contributed by atoms with van der Waals surface area (Å²) < 4.78 is 5.43. The van der Waals surface area contributed by atoms with Crippen LogP contribution in [0.15, 0.2) is 18.2 Å². The standard InChI is InChI=1S/C17H22Cl2N2O2S/c18-13-2-3-16(19)15(10-13)17(22)21-4-1-9-24-12-14(21)11-20-5-7-23-8-6-20/h2-3,10,14H,1,4-9,11-12H2. The van der Waals surface area contributed by atoms with Crippen molar-refractivity contribution in [2.24, 2.45) is 0 Å². The first-order valence-electron chi connectivity index (χ1n) is 8.29. The van der Waals surface area contributed by atoms with Gasteiger partial charge in [-0.2, -0.15) is 11.8 Å². The lowest BCUT2D eigenvalue weighted by atomic mass is 10.1. The Morgan fingerprint density at radius 2 is 2.04 bits per heavy atom. The molecule has 1 aromatic rings. The van der Waals surface area contributed by atoms with Crippen molar-refractivity contribution in [1.29, 1.82) is 0 Å². The molecule has 1 atom stereocenters. The van der Waals surface area contributed by atoms with Crippen LogP contribution in [0.3, 0.4) is 0 Å². The van der Waals surface area contributed by atoms with E-state index in [-0.39, 0.29) is 11.9 Å². The molecule has 0 bridgehead atoms. The van der Waals surface area contributed by atoms with Crippen LogP contribution in [0, 0.1) is 0 Å². The molecular weight excluding hydrogens is 367 g/mol. The molecule has 2 heterocycles. The lowest BCUT2D eigenvalue weighted by molar-refractivity contribution is 0.0245. The quantitative estimate of drug-likeness (QED) is 0.795. The van der Waals surface area contributed by atoms with Gasteiger partial charge in [0.25, 0.3) is 5.91 Å². The van der Waals surface area contributed by atoms with Gasteiger partial charge in [0.2, 0.25) is 0 Å². The van der Waals surface area contributed by atoms with Crippen LogP contribution in [-0.2, 0) is 4.74 Å². The Kier molecular flexibility index (Phi) is 6.70. The van der Waals surface area contributed by atoms with E-state index in [1.807, 2.05) is 16.7 Å². The van der Waals surface area contributed by atoms with Gasteiger partial charge in [-0.15, -0.1) is 0 Å². The average molecular weight is 389 g/mol. The van der Waals surface area contributed by atoms with Gasteiger partial charge in [-0.1, -0.05) is 23.2 Å². The maximum absolute atomic E-state index is 13.1. The van der Waals surface area contributed by atoms with Gasteiger partial charge in [-0.3, -0.25) is 9.69 Å². The molecule has 0 spiro atoms. The summed E-state index contributed by atoms with van der Waals surface area (Å²) in [6.45, 7) is 5.06. The van der Waals surface area contributed by atoms with Gasteiger partial charge in [0, 0.05) is 37.0 Å². The highest BCUT2D eigenvalue weighted by molar-refractivity contribution is 7.99. The minimum absolute atomic E-state index is 0.0109. The minimum Gasteiger partial charge on any atom is -0.379 e. The van der Waals surface area contributed by atoms with Crippen LogP contribution in [0.2, 0.25) is 10.0 Å². The predicted molar refractivity (Wildman–Crippen MR) is 100 cm³/mol. The number of ether oxygens (including phenoxy) is 1. The molecule has 0 N–H and O–H groups in total. The molecule has 3 rings (SSSR count). The van der Waals surface area contributed by atoms with Gasteiger partial charge in [-0.25, -0.2) is 0 Å². The summed E-state index contributed by atoms with van der Waals surface area (Å²) in [5.41, 5.74) is 0.503. The normalized spacial score (nSPS) is 23.1. The fraction of sp³-hybridized carbons (Fsp3) is 0.588. The monoisotopic (exact) mass is 388 g/mol. The SMILES string of the molecule is O=C(c1cc(Cl)ccc1Cl)N1CCCSCC1CN1CCOCC1. The van der Waals surface area contributed by atoms with Crippen molar-refractivity contribution in [3.8, 4) is 0 Å². The lowest BCUT2D eigenvalue weighted by Crippen LogP contribution is -2.50. The molecular formula is C17H22Cl2N2O2S. The van der Waals surface area contributed by atoms with Crippen LogP contribution in [-0.4, -0.2) is 72.6 Å². The van der Waals surface area contributed by atoms with Crippen molar-refractivity contribution in [2.45, 2.75) is 12.5 Å². The first-order valence-corrected chi connectivity index (χ1v) is 10.2. The molecule has 132 valence electrons. The molecule has 24 heavy (non-hydrogen) atoms. The molecule has 2 aliphatic heterocycles. The van der Waals surface area contributed by atoms with E-state index >= 15 is 0 Å². The van der Waals surface area contributed by atoms with E-state index in [0.717, 1.165) is 57.3 Å². The number of halogens is 2. The molecule has 0 radical (unpaired) electrons. The number of thioether (sulfide) groups is 1. The van der Waals surface area contributed by atoms with E-state index in [0.29, 0.717) is 15.6 Å². The Hall–Kier alpha value is -0.460. The summed E-state index contributed by atoms with van der Waals surface area (Å²) in [5, 5.41) is 1.00. The number of benzene rings is 1. The average Bonchev–Trinajstić information content (AvgIpc) is 2.83. The van der Waals surface area contributed by atoms with Crippen molar-refractivity contribution in [3.63, 3.8) is 0 Å². The van der Waals surface area contributed by atoms with Gasteiger partial charge in [0.05, 0.1) is 29.8 Å². The van der Waals surface area contributed by atoms with E-state index in [1.165, 1.54) is 0 Å². The van der Waals surface area contributed by atoms with Crippen molar-refractivity contribution < 1.29 is 9.53 Å². The smallest absolute Gasteiger partial charge is 0.255 e. The van der Waals surface area contributed by atoms with E-state index in [4.69, 9.17) is 27.9 Å². The molecule has 2 saturated heterocycles. The van der Waals surface area contributed by atoms with E-state index < -0.39 is 0 Å². The summed E-state index contributed by atoms with van der Waals surface area (Å²) in [7, 11) is 0. The third-order valence-electron chi connectivity index (χ3n) is 4.43. The van der Waals surface area contributed by atoms with Crippen molar-refractivity contribution in [3.05, 3.63) is 33.8 Å². The molecule has 2 fully saturated rings. The van der Waals surface area contributed by atoms with Crippen LogP contribution in [0.1, 0.15) is 16.8 Å². The number of hydrogen-bond donors (Lipinski definition) is 0. The molecule has 1 amide bonds. The number of hydrogen-bond acceptors (Lipinski definition) is 4. The summed E-state index contributed by atoms with van der Waals surface area (Å²) in [4.78, 5) is 17.5. The van der Waals surface area contributed by atoms with E-state index in [9.17, 15) is 4.79 Å². The van der Waals surface area contributed by atoms with Gasteiger partial charge in [0.1, 0.15) is 0 Å². The molecule has 0 aromatic heterocycles. The second-order valence-corrected chi connectivity index (χ2v) is 8.11.